The minimum Gasteiger partial charge on any atom is -0.462 e. The lowest BCUT2D eigenvalue weighted by molar-refractivity contribution is -0.161. The molecule has 68 heavy (non-hydrogen) atoms. The number of hydrogen-bond acceptors (Lipinski definition) is 15. The SMILES string of the molecule is CCCCCCCCCCCC(=O)O[C@H](COC(=O)CCCCCC)COP(=O)(O)OC[C@@H](O)COP(=O)(O)OC[C@@H](COC(=O)CCCCCCCC)OC(=O)CCCCCCCCCCC. The predicted molar refractivity (Wildman–Crippen MR) is 262 cm³/mol. The Morgan fingerprint density at radius 2 is 0.588 bits per heavy atom. The number of carbonyl (C=O) groups excluding carboxylic acids is 4. The lowest BCUT2D eigenvalue weighted by Gasteiger charge is -2.21. The van der Waals surface area contributed by atoms with Gasteiger partial charge in [-0.05, 0) is 25.7 Å². The highest BCUT2D eigenvalue weighted by Crippen LogP contribution is 2.45. The van der Waals surface area contributed by atoms with Gasteiger partial charge in [-0.2, -0.15) is 0 Å². The molecule has 2 unspecified atom stereocenters. The van der Waals surface area contributed by atoms with Gasteiger partial charge in [0.1, 0.15) is 19.3 Å². The van der Waals surface area contributed by atoms with Gasteiger partial charge in [-0.15, -0.1) is 0 Å². The molecule has 3 N–H and O–H groups in total. The fraction of sp³-hybridized carbons (Fsp3) is 0.918. The summed E-state index contributed by atoms with van der Waals surface area (Å²) < 4.78 is 66.9. The molecule has 0 saturated carbocycles. The average Bonchev–Trinajstić information content (AvgIpc) is 3.30. The predicted octanol–water partition coefficient (Wildman–Crippen LogP) is 12.1. The Balaban J connectivity index is 5.13. The van der Waals surface area contributed by atoms with Crippen molar-refractivity contribution in [1.29, 1.82) is 0 Å². The summed E-state index contributed by atoms with van der Waals surface area (Å²) in [7, 11) is -9.83. The molecule has 0 rings (SSSR count). The third-order valence-corrected chi connectivity index (χ3v) is 13.0. The Bertz CT molecular complexity index is 1350. The molecule has 0 radical (unpaired) electrons. The van der Waals surface area contributed by atoms with E-state index in [2.05, 4.69) is 20.8 Å². The van der Waals surface area contributed by atoms with Crippen molar-refractivity contribution < 1.29 is 80.2 Å². The first kappa shape index (κ1) is 66.1. The van der Waals surface area contributed by atoms with Crippen LogP contribution in [0.4, 0.5) is 0 Å². The summed E-state index contributed by atoms with van der Waals surface area (Å²) in [6.07, 6.45) is 24.6. The zero-order chi connectivity index (χ0) is 50.6. The highest BCUT2D eigenvalue weighted by atomic mass is 31.2. The van der Waals surface area contributed by atoms with Crippen LogP contribution in [0.2, 0.25) is 0 Å². The molecule has 0 saturated heterocycles. The van der Waals surface area contributed by atoms with E-state index in [0.29, 0.717) is 25.7 Å². The molecule has 0 aliphatic rings. The first-order chi connectivity index (χ1) is 32.7. The number of phosphoric ester groups is 2. The molecule has 0 heterocycles. The number of phosphoric acid groups is 2. The van der Waals surface area contributed by atoms with Gasteiger partial charge in [0.05, 0.1) is 26.4 Å². The van der Waals surface area contributed by atoms with Gasteiger partial charge in [-0.3, -0.25) is 37.3 Å². The van der Waals surface area contributed by atoms with Crippen LogP contribution in [0.25, 0.3) is 0 Å². The molecule has 0 aromatic heterocycles. The average molecular weight is 1020 g/mol. The largest absolute Gasteiger partial charge is 0.472 e. The van der Waals surface area contributed by atoms with Crippen LogP contribution in [-0.2, 0) is 65.4 Å². The second-order valence-corrected chi connectivity index (χ2v) is 20.8. The molecular formula is C49H94O17P2. The highest BCUT2D eigenvalue weighted by molar-refractivity contribution is 7.47. The van der Waals surface area contributed by atoms with Gasteiger partial charge in [-0.1, -0.05) is 182 Å². The summed E-state index contributed by atoms with van der Waals surface area (Å²) in [4.78, 5) is 70.9. The maximum absolute atomic E-state index is 12.8. The number of aliphatic hydroxyl groups excluding tert-OH is 1. The number of hydrogen-bond donors (Lipinski definition) is 3. The molecule has 0 aliphatic carbocycles. The van der Waals surface area contributed by atoms with Gasteiger partial charge in [0, 0.05) is 25.7 Å². The van der Waals surface area contributed by atoms with Crippen LogP contribution in [0.5, 0.6) is 0 Å². The van der Waals surface area contributed by atoms with E-state index in [1.165, 1.54) is 51.4 Å². The molecule has 0 spiro atoms. The third-order valence-electron chi connectivity index (χ3n) is 11.1. The molecule has 0 aliphatic heterocycles. The Kier molecular flexibility index (Phi) is 43.7. The van der Waals surface area contributed by atoms with Crippen LogP contribution in [0.15, 0.2) is 0 Å². The van der Waals surface area contributed by atoms with Crippen LogP contribution in [0.3, 0.4) is 0 Å². The molecule has 0 aromatic carbocycles. The quantitative estimate of drug-likeness (QED) is 0.0222. The van der Waals surface area contributed by atoms with Gasteiger partial charge in [0.25, 0.3) is 0 Å². The smallest absolute Gasteiger partial charge is 0.462 e. The number of rotatable bonds is 50. The second-order valence-electron chi connectivity index (χ2n) is 17.8. The lowest BCUT2D eigenvalue weighted by Crippen LogP contribution is -2.30. The molecule has 402 valence electrons. The standard InChI is InChI=1S/C49H94O17P2/c1-5-9-13-17-20-22-24-27-31-35-48(53)65-44(39-59-46(51)33-29-16-12-8-4)41-63-67(55,56)61-37-43(50)38-62-68(57,58)64-42-45(40-60-47(52)34-30-26-19-15-11-7-3)66-49(54)36-32-28-25-23-21-18-14-10-6-2/h43-45,50H,5-42H2,1-4H3,(H,55,56)(H,57,58)/t43-,44-,45-/m1/s1. The van der Waals surface area contributed by atoms with Crippen molar-refractivity contribution in [2.45, 2.75) is 251 Å². The molecule has 5 atom stereocenters. The number of esters is 4. The Hall–Kier alpha value is -1.94. The second kappa shape index (κ2) is 45.0. The summed E-state index contributed by atoms with van der Waals surface area (Å²) in [5.74, 6) is -2.18. The Labute approximate surface area is 409 Å². The maximum atomic E-state index is 12.8. The maximum Gasteiger partial charge on any atom is 0.472 e. The monoisotopic (exact) mass is 1020 g/mol. The molecule has 0 aromatic rings. The summed E-state index contributed by atoms with van der Waals surface area (Å²) in [6.45, 7) is 4.56. The zero-order valence-electron chi connectivity index (χ0n) is 42.6. The Morgan fingerprint density at radius 3 is 0.882 bits per heavy atom. The van der Waals surface area contributed by atoms with Crippen molar-refractivity contribution in [3.63, 3.8) is 0 Å². The van der Waals surface area contributed by atoms with E-state index >= 15 is 0 Å². The van der Waals surface area contributed by atoms with E-state index in [1.54, 1.807) is 0 Å². The fourth-order valence-corrected chi connectivity index (χ4v) is 8.56. The van der Waals surface area contributed by atoms with Crippen LogP contribution < -0.4 is 0 Å². The number of carbonyl (C=O) groups is 4. The number of ether oxygens (including phenoxy) is 4. The minimum absolute atomic E-state index is 0.104. The van der Waals surface area contributed by atoms with E-state index in [0.717, 1.165) is 103 Å². The van der Waals surface area contributed by atoms with Crippen LogP contribution in [0, 0.1) is 0 Å². The Morgan fingerprint density at radius 1 is 0.353 bits per heavy atom. The first-order valence-corrected chi connectivity index (χ1v) is 29.3. The molecular weight excluding hydrogens is 922 g/mol. The van der Waals surface area contributed by atoms with Gasteiger partial charge < -0.3 is 33.8 Å². The van der Waals surface area contributed by atoms with E-state index in [9.17, 15) is 43.2 Å². The van der Waals surface area contributed by atoms with Crippen molar-refractivity contribution >= 4 is 39.5 Å². The van der Waals surface area contributed by atoms with Crippen molar-refractivity contribution in [2.24, 2.45) is 0 Å². The van der Waals surface area contributed by atoms with Gasteiger partial charge in [0.2, 0.25) is 0 Å². The topological polar surface area (TPSA) is 237 Å². The molecule has 0 bridgehead atoms. The van der Waals surface area contributed by atoms with Crippen LogP contribution in [-0.4, -0.2) is 96.7 Å². The van der Waals surface area contributed by atoms with E-state index in [-0.39, 0.29) is 25.7 Å². The van der Waals surface area contributed by atoms with Crippen molar-refractivity contribution in [1.82, 2.24) is 0 Å². The highest BCUT2D eigenvalue weighted by Gasteiger charge is 2.30. The lowest BCUT2D eigenvalue weighted by atomic mass is 10.1. The van der Waals surface area contributed by atoms with Crippen molar-refractivity contribution in [3.8, 4) is 0 Å². The summed E-state index contributed by atoms with van der Waals surface area (Å²) >= 11 is 0. The summed E-state index contributed by atoms with van der Waals surface area (Å²) in [6, 6.07) is 0. The third kappa shape index (κ3) is 44.0. The number of aliphatic hydroxyl groups is 1. The zero-order valence-corrected chi connectivity index (χ0v) is 44.3. The van der Waals surface area contributed by atoms with E-state index in [1.807, 2.05) is 6.92 Å². The van der Waals surface area contributed by atoms with Crippen molar-refractivity contribution in [3.05, 3.63) is 0 Å². The van der Waals surface area contributed by atoms with Gasteiger partial charge in [-0.25, -0.2) is 9.13 Å². The fourth-order valence-electron chi connectivity index (χ4n) is 6.98. The van der Waals surface area contributed by atoms with Crippen LogP contribution >= 0.6 is 15.6 Å². The molecule has 0 fully saturated rings. The van der Waals surface area contributed by atoms with E-state index in [4.69, 9.17) is 37.0 Å². The molecule has 0 amide bonds. The number of unbranched alkanes of at least 4 members (excludes halogenated alkanes) is 24. The minimum atomic E-state index is -4.92. The van der Waals surface area contributed by atoms with Gasteiger partial charge in [0.15, 0.2) is 12.2 Å². The van der Waals surface area contributed by atoms with Gasteiger partial charge >= 0.3 is 39.5 Å². The summed E-state index contributed by atoms with van der Waals surface area (Å²) in [5, 5.41) is 10.4. The molecule has 19 heteroatoms. The normalized spacial score (nSPS) is 14.6. The molecule has 17 nitrogen and oxygen atoms in total. The van der Waals surface area contributed by atoms with Crippen LogP contribution in [0.1, 0.15) is 233 Å². The summed E-state index contributed by atoms with van der Waals surface area (Å²) in [5.41, 5.74) is 0. The first-order valence-electron chi connectivity index (χ1n) is 26.3. The van der Waals surface area contributed by atoms with E-state index < -0.39 is 97.5 Å². The van der Waals surface area contributed by atoms with Crippen molar-refractivity contribution in [2.75, 3.05) is 39.6 Å².